The van der Waals surface area contributed by atoms with Crippen LogP contribution >= 0.6 is 0 Å². The largest absolute Gasteiger partial charge is 0.416 e. The van der Waals surface area contributed by atoms with Crippen molar-refractivity contribution in [3.63, 3.8) is 0 Å². The fourth-order valence-corrected chi connectivity index (χ4v) is 3.37. The quantitative estimate of drug-likeness (QED) is 0.434. The van der Waals surface area contributed by atoms with E-state index < -0.39 is 11.7 Å². The maximum Gasteiger partial charge on any atom is 0.416 e. The van der Waals surface area contributed by atoms with Gasteiger partial charge in [-0.1, -0.05) is 47.6 Å². The second-order valence-electron chi connectivity index (χ2n) is 7.23. The Balaban J connectivity index is 1.67. The second kappa shape index (κ2) is 7.86. The van der Waals surface area contributed by atoms with Crippen LogP contribution in [-0.2, 0) is 12.7 Å². The lowest BCUT2D eigenvalue weighted by molar-refractivity contribution is -0.137. The van der Waals surface area contributed by atoms with Gasteiger partial charge in [0.1, 0.15) is 0 Å². The molecule has 0 aliphatic rings. The minimum absolute atomic E-state index is 0.145. The first-order valence-corrected chi connectivity index (χ1v) is 9.48. The molecule has 0 unspecified atom stereocenters. The number of halogens is 3. The number of nitrogens with zero attached hydrogens (tertiary/aromatic N) is 3. The van der Waals surface area contributed by atoms with Gasteiger partial charge in [-0.05, 0) is 30.7 Å². The molecule has 0 bridgehead atoms. The zero-order valence-electron chi connectivity index (χ0n) is 16.8. The van der Waals surface area contributed by atoms with Crippen molar-refractivity contribution < 1.29 is 22.5 Å². The average Bonchev–Trinajstić information content (AvgIpc) is 3.14. The van der Waals surface area contributed by atoms with Crippen LogP contribution in [0.2, 0.25) is 0 Å². The Hall–Kier alpha value is -3.68. The van der Waals surface area contributed by atoms with Gasteiger partial charge in [-0.3, -0.25) is 4.79 Å². The minimum Gasteiger partial charge on any atom is -0.337 e. The van der Waals surface area contributed by atoms with Gasteiger partial charge in [0.2, 0.25) is 0 Å². The summed E-state index contributed by atoms with van der Waals surface area (Å²) in [5.74, 6) is -0.309. The lowest BCUT2D eigenvalue weighted by atomic mass is 10.0. The van der Waals surface area contributed by atoms with E-state index in [2.05, 4.69) is 10.1 Å². The maximum atomic E-state index is 13.3. The fourth-order valence-electron chi connectivity index (χ4n) is 3.37. The number of carbonyl (C=O) groups excluding carboxylic acids is 1. The highest BCUT2D eigenvalue weighted by atomic mass is 19.4. The Morgan fingerprint density at radius 2 is 1.74 bits per heavy atom. The summed E-state index contributed by atoms with van der Waals surface area (Å²) < 4.78 is 43.6. The van der Waals surface area contributed by atoms with Crippen LogP contribution in [0, 0.1) is 6.92 Å². The topological polar surface area (TPSA) is 59.2 Å². The molecule has 5 nitrogen and oxygen atoms in total. The predicted octanol–water partition coefficient (Wildman–Crippen LogP) is 5.49. The molecule has 0 aliphatic heterocycles. The molecule has 0 saturated carbocycles. The molecule has 1 amide bonds. The SMILES string of the molecule is Cc1noc2nc(-c3ccccc3)cc(C(=O)N(C)Cc3ccc(C(F)(F)F)cc3)c12. The van der Waals surface area contributed by atoms with Crippen molar-refractivity contribution in [2.24, 2.45) is 0 Å². The Kier molecular flexibility index (Phi) is 5.22. The van der Waals surface area contributed by atoms with Crippen molar-refractivity contribution >= 4 is 17.0 Å². The Morgan fingerprint density at radius 3 is 2.39 bits per heavy atom. The Morgan fingerprint density at radius 1 is 1.06 bits per heavy atom. The molecule has 0 fully saturated rings. The summed E-state index contributed by atoms with van der Waals surface area (Å²) in [6, 6.07) is 15.8. The summed E-state index contributed by atoms with van der Waals surface area (Å²) in [7, 11) is 1.59. The lowest BCUT2D eigenvalue weighted by Crippen LogP contribution is -2.26. The van der Waals surface area contributed by atoms with Crippen LogP contribution < -0.4 is 0 Å². The molecule has 0 radical (unpaired) electrons. The van der Waals surface area contributed by atoms with Gasteiger partial charge in [-0.2, -0.15) is 13.2 Å². The van der Waals surface area contributed by atoms with Crippen LogP contribution in [0.3, 0.4) is 0 Å². The van der Waals surface area contributed by atoms with Crippen LogP contribution in [0.15, 0.2) is 65.2 Å². The van der Waals surface area contributed by atoms with Gasteiger partial charge >= 0.3 is 6.18 Å². The summed E-state index contributed by atoms with van der Waals surface area (Å²) >= 11 is 0. The van der Waals surface area contributed by atoms with Crippen LogP contribution in [-0.4, -0.2) is 28.0 Å². The molecule has 4 aromatic rings. The van der Waals surface area contributed by atoms with Gasteiger partial charge in [-0.15, -0.1) is 0 Å². The molecule has 2 heterocycles. The van der Waals surface area contributed by atoms with Gasteiger partial charge in [-0.25, -0.2) is 4.98 Å². The van der Waals surface area contributed by atoms with E-state index in [1.807, 2.05) is 30.3 Å². The summed E-state index contributed by atoms with van der Waals surface area (Å²) in [6.07, 6.45) is -4.40. The molecule has 8 heteroatoms. The molecule has 0 N–H and O–H groups in total. The third kappa shape index (κ3) is 4.14. The number of aryl methyl sites for hydroxylation is 1. The monoisotopic (exact) mass is 425 g/mol. The van der Waals surface area contributed by atoms with E-state index >= 15 is 0 Å². The van der Waals surface area contributed by atoms with E-state index in [4.69, 9.17) is 4.52 Å². The van der Waals surface area contributed by atoms with Crippen LogP contribution in [0.4, 0.5) is 13.2 Å². The number of rotatable bonds is 4. The number of hydrogen-bond acceptors (Lipinski definition) is 4. The predicted molar refractivity (Wildman–Crippen MR) is 109 cm³/mol. The fraction of sp³-hybridized carbons (Fsp3) is 0.174. The van der Waals surface area contributed by atoms with Crippen molar-refractivity contribution in [1.82, 2.24) is 15.0 Å². The van der Waals surface area contributed by atoms with E-state index in [1.165, 1.54) is 17.0 Å². The number of carbonyl (C=O) groups is 1. The number of aromatic nitrogens is 2. The molecule has 0 saturated heterocycles. The lowest BCUT2D eigenvalue weighted by Gasteiger charge is -2.18. The average molecular weight is 425 g/mol. The molecule has 0 spiro atoms. The molecule has 31 heavy (non-hydrogen) atoms. The zero-order valence-corrected chi connectivity index (χ0v) is 16.8. The van der Waals surface area contributed by atoms with Gasteiger partial charge in [0.05, 0.1) is 27.9 Å². The van der Waals surface area contributed by atoms with Crippen molar-refractivity contribution in [2.75, 3.05) is 7.05 Å². The van der Waals surface area contributed by atoms with Crippen molar-refractivity contribution in [1.29, 1.82) is 0 Å². The Labute approximate surface area is 176 Å². The normalized spacial score (nSPS) is 11.6. The first-order valence-electron chi connectivity index (χ1n) is 9.48. The summed E-state index contributed by atoms with van der Waals surface area (Å²) in [4.78, 5) is 19.2. The number of hydrogen-bond donors (Lipinski definition) is 0. The standard InChI is InChI=1S/C23H18F3N3O2/c1-14-20-18(12-19(27-21(20)31-28-14)16-6-4-3-5-7-16)22(30)29(2)13-15-8-10-17(11-9-15)23(24,25)26/h3-12H,13H2,1-2H3. The van der Waals surface area contributed by atoms with E-state index in [0.717, 1.165) is 17.7 Å². The zero-order chi connectivity index (χ0) is 22.2. The maximum absolute atomic E-state index is 13.3. The molecular formula is C23H18F3N3O2. The summed E-state index contributed by atoms with van der Waals surface area (Å²) in [5, 5.41) is 4.45. The van der Waals surface area contributed by atoms with E-state index in [1.54, 1.807) is 20.0 Å². The minimum atomic E-state index is -4.40. The van der Waals surface area contributed by atoms with Crippen LogP contribution in [0.5, 0.6) is 0 Å². The molecule has 4 rings (SSSR count). The number of alkyl halides is 3. The van der Waals surface area contributed by atoms with Crippen molar-refractivity contribution in [2.45, 2.75) is 19.6 Å². The number of benzene rings is 2. The molecule has 0 aliphatic carbocycles. The van der Waals surface area contributed by atoms with Gasteiger partial charge in [0, 0.05) is 19.2 Å². The van der Waals surface area contributed by atoms with Crippen LogP contribution in [0.25, 0.3) is 22.4 Å². The number of amides is 1. The molecule has 158 valence electrons. The molecule has 0 atom stereocenters. The number of fused-ring (bicyclic) bond motifs is 1. The van der Waals surface area contributed by atoms with Gasteiger partial charge in [0.15, 0.2) is 0 Å². The highest BCUT2D eigenvalue weighted by Gasteiger charge is 2.30. The smallest absolute Gasteiger partial charge is 0.337 e. The van der Waals surface area contributed by atoms with E-state index in [9.17, 15) is 18.0 Å². The molecule has 2 aromatic carbocycles. The van der Waals surface area contributed by atoms with Crippen LogP contribution in [0.1, 0.15) is 27.2 Å². The first kappa shape index (κ1) is 20.6. The molecular weight excluding hydrogens is 407 g/mol. The highest BCUT2D eigenvalue weighted by Crippen LogP contribution is 2.30. The van der Waals surface area contributed by atoms with Crippen molar-refractivity contribution in [3.8, 4) is 11.3 Å². The summed E-state index contributed by atoms with van der Waals surface area (Å²) in [5.41, 5.74) is 2.40. The van der Waals surface area contributed by atoms with Gasteiger partial charge < -0.3 is 9.42 Å². The number of pyridine rings is 1. The van der Waals surface area contributed by atoms with E-state index in [0.29, 0.717) is 27.9 Å². The van der Waals surface area contributed by atoms with Gasteiger partial charge in [0.25, 0.3) is 11.6 Å². The summed E-state index contributed by atoms with van der Waals surface area (Å²) in [6.45, 7) is 1.87. The van der Waals surface area contributed by atoms with Crippen molar-refractivity contribution in [3.05, 3.63) is 83.0 Å². The first-order chi connectivity index (χ1) is 14.7. The molecule has 2 aromatic heterocycles. The third-order valence-corrected chi connectivity index (χ3v) is 4.96. The Bertz CT molecular complexity index is 1230. The van der Waals surface area contributed by atoms with E-state index in [-0.39, 0.29) is 18.2 Å². The second-order valence-corrected chi connectivity index (χ2v) is 7.23. The highest BCUT2D eigenvalue weighted by molar-refractivity contribution is 6.06. The third-order valence-electron chi connectivity index (χ3n) is 4.96.